The monoisotopic (exact) mass is 312 g/mol. The Morgan fingerprint density at radius 2 is 2.17 bits per heavy atom. The number of carbonyl (C=O) groups is 1. The van der Waals surface area contributed by atoms with Gasteiger partial charge in [0.15, 0.2) is 0 Å². The fraction of sp³-hybridized carbons (Fsp3) is 0.412. The number of hydrogen-bond donors (Lipinski definition) is 1. The van der Waals surface area contributed by atoms with Crippen molar-refractivity contribution in [2.75, 3.05) is 26.2 Å². The predicted molar refractivity (Wildman–Crippen MR) is 85.2 cm³/mol. The summed E-state index contributed by atoms with van der Waals surface area (Å²) in [6.07, 6.45) is 6.49. The Hall–Kier alpha value is -2.18. The molecular formula is C17H20N4O2. The van der Waals surface area contributed by atoms with Crippen molar-refractivity contribution in [3.05, 3.63) is 48.5 Å². The molecule has 1 N–H and O–H groups in total. The Labute approximate surface area is 135 Å². The van der Waals surface area contributed by atoms with Gasteiger partial charge in [-0.05, 0) is 24.1 Å². The maximum Gasteiger partial charge on any atom is 0.246 e. The third-order valence-corrected chi connectivity index (χ3v) is 4.66. The molecule has 4 rings (SSSR count). The Kier molecular flexibility index (Phi) is 3.63. The number of amides is 1. The maximum atomic E-state index is 11.2. The van der Waals surface area contributed by atoms with E-state index in [0.29, 0.717) is 6.54 Å². The van der Waals surface area contributed by atoms with Crippen LogP contribution in [0.4, 0.5) is 0 Å². The van der Waals surface area contributed by atoms with Gasteiger partial charge >= 0.3 is 0 Å². The zero-order valence-corrected chi connectivity index (χ0v) is 12.9. The van der Waals surface area contributed by atoms with E-state index in [1.807, 2.05) is 10.8 Å². The molecular weight excluding hydrogens is 292 g/mol. The zero-order valence-electron chi connectivity index (χ0n) is 12.9. The van der Waals surface area contributed by atoms with E-state index in [0.717, 1.165) is 31.7 Å². The lowest BCUT2D eigenvalue weighted by molar-refractivity contribution is -0.142. The van der Waals surface area contributed by atoms with Crippen LogP contribution in [0.25, 0.3) is 5.69 Å². The number of likely N-dealkylation sites (tertiary alicyclic amines) is 1. The predicted octanol–water partition coefficient (Wildman–Crippen LogP) is 0.963. The van der Waals surface area contributed by atoms with E-state index < -0.39 is 0 Å². The van der Waals surface area contributed by atoms with Crippen molar-refractivity contribution in [1.29, 1.82) is 0 Å². The topological polar surface area (TPSA) is 59.4 Å². The van der Waals surface area contributed by atoms with Crippen LogP contribution in [-0.2, 0) is 16.1 Å². The summed E-state index contributed by atoms with van der Waals surface area (Å²) in [7, 11) is 0. The van der Waals surface area contributed by atoms with E-state index in [9.17, 15) is 4.79 Å². The fourth-order valence-corrected chi connectivity index (χ4v) is 3.35. The molecule has 6 nitrogen and oxygen atoms in total. The third kappa shape index (κ3) is 3.00. The van der Waals surface area contributed by atoms with E-state index in [-0.39, 0.29) is 18.1 Å². The molecule has 0 saturated carbocycles. The zero-order chi connectivity index (χ0) is 15.7. The molecule has 23 heavy (non-hydrogen) atoms. The average molecular weight is 312 g/mol. The molecule has 6 heteroatoms. The number of nitrogens with one attached hydrogen (secondary N) is 1. The van der Waals surface area contributed by atoms with Crippen LogP contribution in [0.2, 0.25) is 0 Å². The SMILES string of the molecule is O=C1COC2(CCN(Cc3ccc(-n4ccnc4)cc3)C2)CN1. The van der Waals surface area contributed by atoms with Crippen molar-refractivity contribution in [3.8, 4) is 5.69 Å². The van der Waals surface area contributed by atoms with E-state index in [2.05, 4.69) is 39.5 Å². The first-order valence-electron chi connectivity index (χ1n) is 7.93. The standard InChI is InChI=1S/C17H20N4O2/c22-16-10-23-17(11-19-16)5-7-20(12-17)9-14-1-3-15(4-2-14)21-8-6-18-13-21/h1-4,6,8,13H,5,7,9-12H2,(H,19,22). The number of rotatable bonds is 3. The average Bonchev–Trinajstić information content (AvgIpc) is 3.22. The molecule has 3 heterocycles. The van der Waals surface area contributed by atoms with Crippen molar-refractivity contribution < 1.29 is 9.53 Å². The van der Waals surface area contributed by atoms with Crippen molar-refractivity contribution in [3.63, 3.8) is 0 Å². The van der Waals surface area contributed by atoms with Crippen LogP contribution in [0.3, 0.4) is 0 Å². The summed E-state index contributed by atoms with van der Waals surface area (Å²) in [5, 5.41) is 2.92. The summed E-state index contributed by atoms with van der Waals surface area (Å²) in [5.41, 5.74) is 2.21. The van der Waals surface area contributed by atoms with Gasteiger partial charge in [-0.1, -0.05) is 12.1 Å². The number of hydrogen-bond acceptors (Lipinski definition) is 4. The number of nitrogens with zero attached hydrogens (tertiary/aromatic N) is 3. The van der Waals surface area contributed by atoms with E-state index >= 15 is 0 Å². The number of morpholine rings is 1. The molecule has 1 unspecified atom stereocenters. The first-order chi connectivity index (χ1) is 11.2. The first kappa shape index (κ1) is 14.4. The van der Waals surface area contributed by atoms with Gasteiger partial charge in [0.05, 0.1) is 11.9 Å². The molecule has 1 amide bonds. The second-order valence-corrected chi connectivity index (χ2v) is 6.35. The number of benzene rings is 1. The minimum absolute atomic E-state index is 0.0100. The Morgan fingerprint density at radius 1 is 1.30 bits per heavy atom. The number of ether oxygens (including phenoxy) is 1. The molecule has 2 aliphatic rings. The summed E-state index contributed by atoms with van der Waals surface area (Å²) < 4.78 is 7.80. The number of imidazole rings is 1. The second kappa shape index (κ2) is 5.79. The highest BCUT2D eigenvalue weighted by molar-refractivity contribution is 5.78. The van der Waals surface area contributed by atoms with Crippen LogP contribution >= 0.6 is 0 Å². The lowest BCUT2D eigenvalue weighted by atomic mass is 10.0. The maximum absolute atomic E-state index is 11.2. The summed E-state index contributed by atoms with van der Waals surface area (Å²) in [4.78, 5) is 17.7. The van der Waals surface area contributed by atoms with Gasteiger partial charge < -0.3 is 14.6 Å². The van der Waals surface area contributed by atoms with Crippen LogP contribution in [-0.4, -0.2) is 52.2 Å². The summed E-state index contributed by atoms with van der Waals surface area (Å²) >= 11 is 0. The molecule has 1 atom stereocenters. The Morgan fingerprint density at radius 3 is 2.87 bits per heavy atom. The van der Waals surface area contributed by atoms with Crippen LogP contribution < -0.4 is 5.32 Å². The van der Waals surface area contributed by atoms with E-state index in [4.69, 9.17) is 4.74 Å². The number of aromatic nitrogens is 2. The molecule has 2 fully saturated rings. The smallest absolute Gasteiger partial charge is 0.246 e. The molecule has 2 aromatic rings. The van der Waals surface area contributed by atoms with Crippen molar-refractivity contribution >= 4 is 5.91 Å². The van der Waals surface area contributed by atoms with E-state index in [1.165, 1.54) is 5.56 Å². The molecule has 1 aromatic heterocycles. The molecule has 120 valence electrons. The minimum atomic E-state index is -0.190. The molecule has 0 bridgehead atoms. The summed E-state index contributed by atoms with van der Waals surface area (Å²) in [6.45, 7) is 3.59. The first-order valence-corrected chi connectivity index (χ1v) is 7.93. The normalized spacial score (nSPS) is 25.0. The lowest BCUT2D eigenvalue weighted by Gasteiger charge is -2.33. The van der Waals surface area contributed by atoms with Gasteiger partial charge in [0, 0.05) is 44.3 Å². The van der Waals surface area contributed by atoms with Gasteiger partial charge in [-0.15, -0.1) is 0 Å². The highest BCUT2D eigenvalue weighted by Gasteiger charge is 2.41. The van der Waals surface area contributed by atoms with Crippen LogP contribution in [0.5, 0.6) is 0 Å². The third-order valence-electron chi connectivity index (χ3n) is 4.66. The van der Waals surface area contributed by atoms with Crippen molar-refractivity contribution in [1.82, 2.24) is 19.8 Å². The molecule has 1 spiro atoms. The quantitative estimate of drug-likeness (QED) is 0.917. The summed E-state index contributed by atoms with van der Waals surface area (Å²) in [6, 6.07) is 8.54. The van der Waals surface area contributed by atoms with Crippen LogP contribution in [0, 0.1) is 0 Å². The van der Waals surface area contributed by atoms with Gasteiger partial charge in [0.1, 0.15) is 6.61 Å². The Balaban J connectivity index is 1.38. The van der Waals surface area contributed by atoms with Crippen LogP contribution in [0.15, 0.2) is 43.0 Å². The minimum Gasteiger partial charge on any atom is -0.362 e. The lowest BCUT2D eigenvalue weighted by Crippen LogP contribution is -2.53. The molecule has 2 saturated heterocycles. The van der Waals surface area contributed by atoms with Crippen molar-refractivity contribution in [2.45, 2.75) is 18.6 Å². The van der Waals surface area contributed by atoms with Gasteiger partial charge in [-0.2, -0.15) is 0 Å². The van der Waals surface area contributed by atoms with Crippen LogP contribution in [0.1, 0.15) is 12.0 Å². The van der Waals surface area contributed by atoms with Gasteiger partial charge in [0.2, 0.25) is 5.91 Å². The molecule has 2 aliphatic heterocycles. The molecule has 0 aliphatic carbocycles. The Bertz CT molecular complexity index is 671. The summed E-state index contributed by atoms with van der Waals surface area (Å²) in [5.74, 6) is -0.0100. The molecule has 1 aromatic carbocycles. The molecule has 0 radical (unpaired) electrons. The van der Waals surface area contributed by atoms with E-state index in [1.54, 1.807) is 12.5 Å². The number of carbonyl (C=O) groups excluding carboxylic acids is 1. The fourth-order valence-electron chi connectivity index (χ4n) is 3.35. The highest BCUT2D eigenvalue weighted by Crippen LogP contribution is 2.28. The largest absolute Gasteiger partial charge is 0.362 e. The van der Waals surface area contributed by atoms with Gasteiger partial charge in [-0.25, -0.2) is 4.98 Å². The highest BCUT2D eigenvalue weighted by atomic mass is 16.5. The van der Waals surface area contributed by atoms with Crippen molar-refractivity contribution in [2.24, 2.45) is 0 Å². The van der Waals surface area contributed by atoms with Gasteiger partial charge in [0.25, 0.3) is 0 Å². The second-order valence-electron chi connectivity index (χ2n) is 6.35. The van der Waals surface area contributed by atoms with Gasteiger partial charge in [-0.3, -0.25) is 9.69 Å².